The van der Waals surface area contributed by atoms with Gasteiger partial charge in [0.05, 0.1) is 11.0 Å². The van der Waals surface area contributed by atoms with E-state index in [2.05, 4.69) is 94.2 Å². The fraction of sp³-hybridized carbons (Fsp3) is 0.389. The number of hydrogen-bond acceptors (Lipinski definition) is 4. The summed E-state index contributed by atoms with van der Waals surface area (Å²) in [5, 5.41) is 3.80. The predicted octanol–water partition coefficient (Wildman–Crippen LogP) is 6.75. The van der Waals surface area contributed by atoms with Crippen molar-refractivity contribution in [2.75, 3.05) is 38.0 Å². The Bertz CT molecular complexity index is 1520. The summed E-state index contributed by atoms with van der Waals surface area (Å²) >= 11 is 0. The van der Waals surface area contributed by atoms with Crippen molar-refractivity contribution >= 4 is 22.9 Å². The average Bonchev–Trinajstić information content (AvgIpc) is 3.62. The minimum Gasteiger partial charge on any atom is -0.353 e. The molecule has 1 N–H and O–H groups in total. The Kier molecular flexibility index (Phi) is 8.43. The monoisotopic (exact) mass is 561 g/mol. The topological polar surface area (TPSA) is 53.4 Å². The summed E-state index contributed by atoms with van der Waals surface area (Å²) in [6.45, 7) is 9.91. The van der Waals surface area contributed by atoms with Crippen molar-refractivity contribution in [3.05, 3.63) is 108 Å². The van der Waals surface area contributed by atoms with Crippen molar-refractivity contribution in [2.45, 2.75) is 57.5 Å². The molecular formula is C36H43N5O. The SMILES string of the molecule is CC(C)=CCn1c(NC2CCN(CCC3(c4ccccc4)CCN(C(=O)c4ccccc4)C3)CC2)nc2ccccc21. The van der Waals surface area contributed by atoms with E-state index < -0.39 is 0 Å². The van der Waals surface area contributed by atoms with Gasteiger partial charge in [0.1, 0.15) is 0 Å². The van der Waals surface area contributed by atoms with Crippen molar-refractivity contribution in [3.63, 3.8) is 0 Å². The molecule has 1 unspecified atom stereocenters. The number of piperidine rings is 1. The molecule has 6 nitrogen and oxygen atoms in total. The van der Waals surface area contributed by atoms with Gasteiger partial charge in [-0.05, 0) is 75.9 Å². The molecule has 0 aliphatic carbocycles. The number of imidazole rings is 1. The third-order valence-corrected chi connectivity index (χ3v) is 9.21. The Morgan fingerprint density at radius 2 is 1.62 bits per heavy atom. The number of carbonyl (C=O) groups is 1. The molecule has 0 saturated carbocycles. The summed E-state index contributed by atoms with van der Waals surface area (Å²) < 4.78 is 2.31. The summed E-state index contributed by atoms with van der Waals surface area (Å²) in [6, 6.07) is 29.4. The van der Waals surface area contributed by atoms with Gasteiger partial charge in [0, 0.05) is 49.7 Å². The molecule has 1 atom stereocenters. The first-order chi connectivity index (χ1) is 20.5. The number of rotatable bonds is 9. The highest BCUT2D eigenvalue weighted by Gasteiger charge is 2.41. The predicted molar refractivity (Wildman–Crippen MR) is 172 cm³/mol. The molecule has 2 fully saturated rings. The zero-order valence-corrected chi connectivity index (χ0v) is 25.0. The van der Waals surface area contributed by atoms with E-state index >= 15 is 0 Å². The van der Waals surface area contributed by atoms with Crippen molar-refractivity contribution in [1.29, 1.82) is 0 Å². The first kappa shape index (κ1) is 28.2. The van der Waals surface area contributed by atoms with Crippen LogP contribution in [0.2, 0.25) is 0 Å². The highest BCUT2D eigenvalue weighted by atomic mass is 16.2. The number of carbonyl (C=O) groups excluding carboxylic acids is 1. The molecular weight excluding hydrogens is 518 g/mol. The Hall–Kier alpha value is -3.90. The second kappa shape index (κ2) is 12.5. The molecule has 3 aromatic carbocycles. The second-order valence-electron chi connectivity index (χ2n) is 12.3. The van der Waals surface area contributed by atoms with Crippen LogP contribution in [0.1, 0.15) is 55.5 Å². The largest absolute Gasteiger partial charge is 0.353 e. The van der Waals surface area contributed by atoms with Gasteiger partial charge in [0.25, 0.3) is 5.91 Å². The number of anilines is 1. The second-order valence-corrected chi connectivity index (χ2v) is 12.3. The first-order valence-corrected chi connectivity index (χ1v) is 15.5. The van der Waals surface area contributed by atoms with E-state index in [0.717, 1.165) is 82.0 Å². The van der Waals surface area contributed by atoms with Gasteiger partial charge in [-0.25, -0.2) is 4.98 Å². The molecule has 2 aliphatic heterocycles. The number of para-hydroxylation sites is 2. The van der Waals surface area contributed by atoms with Crippen LogP contribution in [0.25, 0.3) is 11.0 Å². The molecule has 42 heavy (non-hydrogen) atoms. The van der Waals surface area contributed by atoms with Crippen LogP contribution in [0.4, 0.5) is 5.95 Å². The zero-order chi connectivity index (χ0) is 28.9. The van der Waals surface area contributed by atoms with E-state index in [0.29, 0.717) is 6.04 Å². The molecule has 0 bridgehead atoms. The smallest absolute Gasteiger partial charge is 0.253 e. The number of hydrogen-bond donors (Lipinski definition) is 1. The third-order valence-electron chi connectivity index (χ3n) is 9.21. The highest BCUT2D eigenvalue weighted by Crippen LogP contribution is 2.39. The molecule has 218 valence electrons. The lowest BCUT2D eigenvalue weighted by Crippen LogP contribution is -2.42. The van der Waals surface area contributed by atoms with Crippen LogP contribution in [0.3, 0.4) is 0 Å². The number of nitrogens with one attached hydrogen (secondary N) is 1. The van der Waals surface area contributed by atoms with Gasteiger partial charge in [-0.2, -0.15) is 0 Å². The van der Waals surface area contributed by atoms with Gasteiger partial charge in [-0.1, -0.05) is 72.3 Å². The molecule has 1 amide bonds. The standard InChI is InChI=1S/C36H43N5O/c1-28(2)17-24-41-33-16-10-9-15-32(33)38-35(41)37-31-18-22-39(23-19-31)25-20-36(30-13-7-4-8-14-30)21-26-40(27-36)34(42)29-11-5-3-6-12-29/h3-17,31H,18-27H2,1-2H3,(H,37,38). The molecule has 0 spiro atoms. The van der Waals surface area contributed by atoms with Crippen LogP contribution < -0.4 is 5.32 Å². The van der Waals surface area contributed by atoms with E-state index in [-0.39, 0.29) is 11.3 Å². The fourth-order valence-corrected chi connectivity index (χ4v) is 6.68. The van der Waals surface area contributed by atoms with E-state index in [1.807, 2.05) is 30.3 Å². The Balaban J connectivity index is 1.09. The minimum atomic E-state index is -0.00339. The summed E-state index contributed by atoms with van der Waals surface area (Å²) in [6.07, 6.45) is 6.54. The quantitative estimate of drug-likeness (QED) is 0.230. The molecule has 6 heteroatoms. The molecule has 4 aromatic rings. The first-order valence-electron chi connectivity index (χ1n) is 15.5. The number of nitrogens with zero attached hydrogens (tertiary/aromatic N) is 4. The van der Waals surface area contributed by atoms with Crippen molar-refractivity contribution < 1.29 is 4.79 Å². The number of allylic oxidation sites excluding steroid dienone is 2. The molecule has 2 saturated heterocycles. The maximum Gasteiger partial charge on any atom is 0.253 e. The highest BCUT2D eigenvalue weighted by molar-refractivity contribution is 5.94. The van der Waals surface area contributed by atoms with Gasteiger partial charge in [-0.15, -0.1) is 0 Å². The lowest BCUT2D eigenvalue weighted by Gasteiger charge is -2.36. The number of aromatic nitrogens is 2. The molecule has 6 rings (SSSR count). The van der Waals surface area contributed by atoms with Gasteiger partial charge in [0.2, 0.25) is 5.95 Å². The van der Waals surface area contributed by atoms with Crippen LogP contribution >= 0.6 is 0 Å². The Morgan fingerprint density at radius 1 is 0.929 bits per heavy atom. The van der Waals surface area contributed by atoms with Gasteiger partial charge in [0.15, 0.2) is 0 Å². The fourth-order valence-electron chi connectivity index (χ4n) is 6.68. The Labute approximate surface area is 250 Å². The molecule has 3 heterocycles. The Morgan fingerprint density at radius 3 is 2.36 bits per heavy atom. The number of benzene rings is 3. The summed E-state index contributed by atoms with van der Waals surface area (Å²) in [5.74, 6) is 1.13. The summed E-state index contributed by atoms with van der Waals surface area (Å²) in [4.78, 5) is 23.0. The van der Waals surface area contributed by atoms with Crippen molar-refractivity contribution in [3.8, 4) is 0 Å². The van der Waals surface area contributed by atoms with E-state index in [9.17, 15) is 4.79 Å². The molecule has 1 aromatic heterocycles. The lowest BCUT2D eigenvalue weighted by molar-refractivity contribution is 0.0780. The van der Waals surface area contributed by atoms with E-state index in [1.165, 1.54) is 16.7 Å². The molecule has 2 aliphatic rings. The number of likely N-dealkylation sites (tertiary alicyclic amines) is 2. The van der Waals surface area contributed by atoms with Crippen molar-refractivity contribution in [2.24, 2.45) is 0 Å². The number of fused-ring (bicyclic) bond motifs is 1. The average molecular weight is 562 g/mol. The van der Waals surface area contributed by atoms with E-state index in [4.69, 9.17) is 4.98 Å². The van der Waals surface area contributed by atoms with Crippen LogP contribution in [0.15, 0.2) is 96.6 Å². The van der Waals surface area contributed by atoms with Crippen LogP contribution in [0.5, 0.6) is 0 Å². The third kappa shape index (κ3) is 6.14. The van der Waals surface area contributed by atoms with E-state index in [1.54, 1.807) is 0 Å². The molecule has 0 radical (unpaired) electrons. The maximum atomic E-state index is 13.3. The maximum absolute atomic E-state index is 13.3. The van der Waals surface area contributed by atoms with Gasteiger partial charge >= 0.3 is 0 Å². The minimum absolute atomic E-state index is 0.00339. The van der Waals surface area contributed by atoms with Crippen LogP contribution in [0, 0.1) is 0 Å². The summed E-state index contributed by atoms with van der Waals surface area (Å²) in [7, 11) is 0. The summed E-state index contributed by atoms with van der Waals surface area (Å²) in [5.41, 5.74) is 5.68. The lowest BCUT2D eigenvalue weighted by atomic mass is 9.76. The normalized spacial score (nSPS) is 19.7. The zero-order valence-electron chi connectivity index (χ0n) is 25.0. The number of amides is 1. The van der Waals surface area contributed by atoms with Gasteiger partial charge in [-0.3, -0.25) is 4.79 Å². The van der Waals surface area contributed by atoms with Crippen LogP contribution in [-0.2, 0) is 12.0 Å². The van der Waals surface area contributed by atoms with Gasteiger partial charge < -0.3 is 19.7 Å². The van der Waals surface area contributed by atoms with Crippen molar-refractivity contribution in [1.82, 2.24) is 19.4 Å². The van der Waals surface area contributed by atoms with Crippen LogP contribution in [-0.4, -0.2) is 64.0 Å².